The van der Waals surface area contributed by atoms with Crippen LogP contribution in [0.15, 0.2) is 77.0 Å². The molecule has 39 heavy (non-hydrogen) atoms. The number of aliphatic hydroxyl groups is 1. The number of thiophene rings is 1. The van der Waals surface area contributed by atoms with Gasteiger partial charge in [0.1, 0.15) is 12.3 Å². The van der Waals surface area contributed by atoms with Crippen LogP contribution in [0.2, 0.25) is 18.1 Å². The van der Waals surface area contributed by atoms with Gasteiger partial charge in [-0.1, -0.05) is 74.9 Å². The summed E-state index contributed by atoms with van der Waals surface area (Å²) in [7, 11) is -7.02. The van der Waals surface area contributed by atoms with E-state index in [-0.39, 0.29) is 9.93 Å². The summed E-state index contributed by atoms with van der Waals surface area (Å²) < 4.78 is 36.2. The first-order valence-electron chi connectivity index (χ1n) is 12.8. The highest BCUT2D eigenvalue weighted by atomic mass is 32.2. The second-order valence-corrected chi connectivity index (χ2v) is 19.2. The average molecular weight is 589 g/mol. The first kappa shape index (κ1) is 29.6. The van der Waals surface area contributed by atoms with Crippen molar-refractivity contribution in [2.45, 2.75) is 81.1 Å². The van der Waals surface area contributed by atoms with Crippen LogP contribution in [0.5, 0.6) is 0 Å². The normalized spacial score (nSPS) is 24.9. The Balaban J connectivity index is 2.00. The smallest absolute Gasteiger partial charge is 0.246 e. The van der Waals surface area contributed by atoms with Crippen molar-refractivity contribution in [3.05, 3.63) is 98.2 Å². The lowest BCUT2D eigenvalue weighted by Gasteiger charge is -2.50. The molecule has 4 rings (SSSR count). The van der Waals surface area contributed by atoms with Crippen LogP contribution in [0.4, 0.5) is 0 Å². The highest BCUT2D eigenvalue weighted by molar-refractivity contribution is 7.89. The molecule has 1 aliphatic rings. The zero-order valence-corrected chi connectivity index (χ0v) is 25.6. The molecular weight excluding hydrogens is 553 g/mol. The summed E-state index contributed by atoms with van der Waals surface area (Å²) >= 11 is 1.35. The molecule has 1 fully saturated rings. The van der Waals surface area contributed by atoms with Gasteiger partial charge in [-0.25, -0.2) is 8.42 Å². The summed E-state index contributed by atoms with van der Waals surface area (Å²) in [6.07, 6.45) is -2.82. The fourth-order valence-electron chi connectivity index (χ4n) is 4.86. The number of benzene rings is 2. The Morgan fingerprint density at radius 2 is 1.64 bits per heavy atom. The van der Waals surface area contributed by atoms with Crippen molar-refractivity contribution in [1.29, 1.82) is 0 Å². The van der Waals surface area contributed by atoms with Crippen LogP contribution < -0.4 is 0 Å². The van der Waals surface area contributed by atoms with Gasteiger partial charge in [-0.3, -0.25) is 10.1 Å². The Labute approximate surface area is 235 Å². The lowest BCUT2D eigenvalue weighted by atomic mass is 9.80. The van der Waals surface area contributed by atoms with Crippen molar-refractivity contribution in [3.63, 3.8) is 0 Å². The predicted molar refractivity (Wildman–Crippen MR) is 155 cm³/mol. The van der Waals surface area contributed by atoms with Crippen molar-refractivity contribution >= 4 is 29.7 Å². The molecule has 1 N–H and O–H groups in total. The van der Waals surface area contributed by atoms with E-state index in [1.165, 1.54) is 23.5 Å². The molecule has 1 saturated heterocycles. The first-order chi connectivity index (χ1) is 18.2. The van der Waals surface area contributed by atoms with E-state index < -0.39 is 53.6 Å². The maximum absolute atomic E-state index is 14.3. The highest BCUT2D eigenvalue weighted by Gasteiger charge is 2.61. The van der Waals surface area contributed by atoms with Crippen LogP contribution in [0.1, 0.15) is 48.7 Å². The SMILES string of the molecule is Cc1ccc(S(=O)(=O)N2[C@H](O)[C@@H](O[Si](C)(C)C(C)(C)C)[C@@H](c3cccs3)[C@@H]([N+](=O)[O-])[C@@H]2c2ccccc2)cc1. The van der Waals surface area contributed by atoms with Gasteiger partial charge < -0.3 is 9.53 Å². The molecule has 0 radical (unpaired) electrons. The number of piperidine rings is 1. The number of nitro groups is 1. The molecule has 2 aromatic carbocycles. The third-order valence-electron chi connectivity index (χ3n) is 7.96. The highest BCUT2D eigenvalue weighted by Crippen LogP contribution is 2.50. The summed E-state index contributed by atoms with van der Waals surface area (Å²) in [6.45, 7) is 11.9. The van der Waals surface area contributed by atoms with E-state index in [4.69, 9.17) is 4.43 Å². The Morgan fingerprint density at radius 1 is 1.03 bits per heavy atom. The lowest BCUT2D eigenvalue weighted by molar-refractivity contribution is -0.543. The van der Waals surface area contributed by atoms with Gasteiger partial charge in [0, 0.05) is 9.80 Å². The molecular formula is C28H36N2O6S2Si. The number of aliphatic hydroxyl groups excluding tert-OH is 1. The maximum atomic E-state index is 14.3. The molecule has 0 saturated carbocycles. The van der Waals surface area contributed by atoms with Crippen molar-refractivity contribution in [2.75, 3.05) is 0 Å². The van der Waals surface area contributed by atoms with Gasteiger partial charge in [0.05, 0.1) is 16.9 Å². The van der Waals surface area contributed by atoms with Gasteiger partial charge in [-0.15, -0.1) is 11.3 Å². The first-order valence-corrected chi connectivity index (χ1v) is 18.1. The summed E-state index contributed by atoms with van der Waals surface area (Å²) in [5.41, 5.74) is 1.30. The van der Waals surface area contributed by atoms with Crippen molar-refractivity contribution in [1.82, 2.24) is 4.31 Å². The van der Waals surface area contributed by atoms with E-state index in [1.807, 2.05) is 46.2 Å². The van der Waals surface area contributed by atoms with E-state index >= 15 is 0 Å². The van der Waals surface area contributed by atoms with E-state index in [0.29, 0.717) is 10.4 Å². The third-order valence-corrected chi connectivity index (χ3v) is 15.3. The number of sulfonamides is 1. The van der Waals surface area contributed by atoms with Gasteiger partial charge in [-0.05, 0) is 54.2 Å². The van der Waals surface area contributed by atoms with Crippen LogP contribution in [0.25, 0.3) is 0 Å². The van der Waals surface area contributed by atoms with Crippen molar-refractivity contribution in [2.24, 2.45) is 0 Å². The Kier molecular flexibility index (Phi) is 8.24. The molecule has 0 amide bonds. The van der Waals surface area contributed by atoms with Gasteiger partial charge >= 0.3 is 0 Å². The Bertz CT molecular complexity index is 1390. The molecule has 3 aromatic rings. The summed E-state index contributed by atoms with van der Waals surface area (Å²) in [6, 6.07) is 15.7. The predicted octanol–water partition coefficient (Wildman–Crippen LogP) is 5.94. The topological polar surface area (TPSA) is 110 Å². The fraction of sp³-hybridized carbons (Fsp3) is 0.429. The Hall–Kier alpha value is -2.41. The van der Waals surface area contributed by atoms with Crippen LogP contribution in [0.3, 0.4) is 0 Å². The van der Waals surface area contributed by atoms with Crippen LogP contribution >= 0.6 is 11.3 Å². The second-order valence-electron chi connectivity index (χ2n) is 11.6. The zero-order valence-electron chi connectivity index (χ0n) is 23.0. The molecule has 0 spiro atoms. The number of rotatable bonds is 7. The second kappa shape index (κ2) is 10.9. The molecule has 210 valence electrons. The number of aryl methyl sites for hydroxylation is 1. The standard InChI is InChI=1S/C28H36N2O6S2Si/c1-19-14-16-21(17-15-19)38(34,35)29-24(20-11-8-7-9-12-20)25(30(32)33)23(22-13-10-18-37-22)26(27(29)31)36-39(5,6)28(2,3)4/h7-18,23-27,31H,1-6H3/t23-,24-,25+,26-,27+/m0/s1. The summed E-state index contributed by atoms with van der Waals surface area (Å²) in [5, 5.41) is 26.6. The van der Waals surface area contributed by atoms with Gasteiger partial charge in [0.25, 0.3) is 0 Å². The van der Waals surface area contributed by atoms with E-state index in [9.17, 15) is 23.6 Å². The number of nitrogens with zero attached hydrogens (tertiary/aromatic N) is 2. The molecule has 11 heteroatoms. The fourth-order valence-corrected chi connectivity index (χ4v) is 8.74. The molecule has 0 bridgehead atoms. The van der Waals surface area contributed by atoms with Gasteiger partial charge in [0.15, 0.2) is 8.32 Å². The van der Waals surface area contributed by atoms with E-state index in [2.05, 4.69) is 0 Å². The summed E-state index contributed by atoms with van der Waals surface area (Å²) in [4.78, 5) is 13.2. The number of hydrogen-bond acceptors (Lipinski definition) is 7. The van der Waals surface area contributed by atoms with Gasteiger partial charge in [0.2, 0.25) is 16.1 Å². The molecule has 1 aromatic heterocycles. The largest absolute Gasteiger partial charge is 0.409 e. The maximum Gasteiger partial charge on any atom is 0.246 e. The number of hydrogen-bond donors (Lipinski definition) is 1. The third kappa shape index (κ3) is 5.61. The quantitative estimate of drug-likeness (QED) is 0.208. The molecule has 5 atom stereocenters. The van der Waals surface area contributed by atoms with Crippen LogP contribution in [-0.4, -0.2) is 49.4 Å². The Morgan fingerprint density at radius 3 is 2.15 bits per heavy atom. The zero-order chi connectivity index (χ0) is 28.8. The summed E-state index contributed by atoms with van der Waals surface area (Å²) in [5.74, 6) is -0.876. The molecule has 0 aliphatic carbocycles. The van der Waals surface area contributed by atoms with Crippen molar-refractivity contribution < 1.29 is 22.9 Å². The van der Waals surface area contributed by atoms with Crippen LogP contribution in [0, 0.1) is 17.0 Å². The molecule has 8 nitrogen and oxygen atoms in total. The minimum Gasteiger partial charge on any atom is -0.409 e. The van der Waals surface area contributed by atoms with Crippen molar-refractivity contribution in [3.8, 4) is 0 Å². The minimum atomic E-state index is -4.39. The van der Waals surface area contributed by atoms with Crippen LogP contribution in [-0.2, 0) is 14.4 Å². The van der Waals surface area contributed by atoms with E-state index in [1.54, 1.807) is 54.6 Å². The molecule has 2 heterocycles. The lowest BCUT2D eigenvalue weighted by Crippen LogP contribution is -2.64. The molecule has 1 aliphatic heterocycles. The van der Waals surface area contributed by atoms with Gasteiger partial charge in [-0.2, -0.15) is 4.31 Å². The monoisotopic (exact) mass is 588 g/mol. The average Bonchev–Trinajstić information content (AvgIpc) is 3.39. The van der Waals surface area contributed by atoms with E-state index in [0.717, 1.165) is 9.87 Å². The minimum absolute atomic E-state index is 0.0455. The molecule has 0 unspecified atom stereocenters.